The third-order valence-corrected chi connectivity index (χ3v) is 2.81. The van der Waals surface area contributed by atoms with Gasteiger partial charge in [0.1, 0.15) is 0 Å². The fraction of sp³-hybridized carbons (Fsp3) is 0.533. The molecule has 0 saturated carbocycles. The molecule has 1 rings (SSSR count). The van der Waals surface area contributed by atoms with Crippen LogP contribution in [0.2, 0.25) is 0 Å². The normalized spacial score (nSPS) is 11.1. The van der Waals surface area contributed by atoms with Gasteiger partial charge in [-0.2, -0.15) is 0 Å². The van der Waals surface area contributed by atoms with Gasteiger partial charge in [0.05, 0.1) is 26.4 Å². The number of ether oxygens (including phenoxy) is 3. The molecule has 0 saturated heterocycles. The third kappa shape index (κ3) is 4.33. The highest BCUT2D eigenvalue weighted by Crippen LogP contribution is 2.39. The van der Waals surface area contributed by atoms with Gasteiger partial charge < -0.3 is 19.3 Å². The van der Waals surface area contributed by atoms with Crippen molar-refractivity contribution in [1.29, 1.82) is 0 Å². The Morgan fingerprint density at radius 2 is 1.65 bits per heavy atom. The molecule has 0 aliphatic heterocycles. The van der Waals surface area contributed by atoms with E-state index < -0.39 is 5.97 Å². The van der Waals surface area contributed by atoms with E-state index in [1.165, 1.54) is 26.4 Å². The summed E-state index contributed by atoms with van der Waals surface area (Å²) in [6.45, 7) is 6.87. The number of carboxylic acids is 1. The zero-order valence-corrected chi connectivity index (χ0v) is 12.6. The molecule has 1 aromatic carbocycles. The molecular formula is C15H22O5. The molecule has 20 heavy (non-hydrogen) atoms. The number of hydrogen-bond acceptors (Lipinski definition) is 4. The number of carboxylic acid groups (broad SMARTS) is 1. The van der Waals surface area contributed by atoms with Gasteiger partial charge in [0.25, 0.3) is 0 Å². The van der Waals surface area contributed by atoms with Crippen LogP contribution in [0.4, 0.5) is 0 Å². The van der Waals surface area contributed by atoms with Crippen LogP contribution in [-0.4, -0.2) is 31.9 Å². The maximum Gasteiger partial charge on any atom is 0.335 e. The highest BCUT2D eigenvalue weighted by atomic mass is 16.5. The van der Waals surface area contributed by atoms with Crippen LogP contribution < -0.4 is 14.2 Å². The van der Waals surface area contributed by atoms with Crippen molar-refractivity contribution in [3.8, 4) is 17.2 Å². The Hall–Kier alpha value is -1.91. The lowest BCUT2D eigenvalue weighted by Crippen LogP contribution is -2.12. The summed E-state index contributed by atoms with van der Waals surface area (Å²) in [5.74, 6) is 0.110. The number of hydrogen-bond donors (Lipinski definition) is 1. The molecule has 112 valence electrons. The van der Waals surface area contributed by atoms with Crippen LogP contribution in [0.15, 0.2) is 12.1 Å². The number of carbonyl (C=O) groups is 1. The molecule has 5 heteroatoms. The second-order valence-corrected chi connectivity index (χ2v) is 5.67. The van der Waals surface area contributed by atoms with Gasteiger partial charge in [-0.25, -0.2) is 4.79 Å². The van der Waals surface area contributed by atoms with Gasteiger partial charge in [0, 0.05) is 0 Å². The monoisotopic (exact) mass is 282 g/mol. The molecule has 0 fully saturated rings. The molecule has 0 aliphatic rings. The Labute approximate surface area is 119 Å². The standard InChI is InChI=1S/C15H22O5/c1-15(2,3)6-7-20-13-11(18-4)8-10(14(16)17)9-12(13)19-5/h8-9H,6-7H2,1-5H3,(H,16,17). The van der Waals surface area contributed by atoms with E-state index in [0.717, 1.165) is 6.42 Å². The summed E-state index contributed by atoms with van der Waals surface area (Å²) in [4.78, 5) is 11.0. The van der Waals surface area contributed by atoms with Gasteiger partial charge in [-0.1, -0.05) is 20.8 Å². The summed E-state index contributed by atoms with van der Waals surface area (Å²) in [6, 6.07) is 2.86. The number of benzene rings is 1. The molecule has 0 unspecified atom stereocenters. The van der Waals surface area contributed by atoms with E-state index in [1.54, 1.807) is 0 Å². The predicted octanol–water partition coefficient (Wildman–Crippen LogP) is 3.22. The molecule has 0 bridgehead atoms. The maximum absolute atomic E-state index is 11.0. The molecule has 0 atom stereocenters. The molecule has 0 aromatic heterocycles. The first-order valence-corrected chi connectivity index (χ1v) is 6.40. The molecule has 0 amide bonds. The SMILES string of the molecule is COc1cc(C(=O)O)cc(OC)c1OCCC(C)(C)C. The Bertz CT molecular complexity index is 449. The number of aromatic carboxylic acids is 1. The van der Waals surface area contributed by atoms with Crippen molar-refractivity contribution in [2.24, 2.45) is 5.41 Å². The molecule has 1 N–H and O–H groups in total. The smallest absolute Gasteiger partial charge is 0.335 e. The van der Waals surface area contributed by atoms with Crippen LogP contribution in [0.3, 0.4) is 0 Å². The number of rotatable bonds is 6. The van der Waals surface area contributed by atoms with E-state index in [1.807, 2.05) is 0 Å². The summed E-state index contributed by atoms with van der Waals surface area (Å²) < 4.78 is 16.1. The van der Waals surface area contributed by atoms with Crippen molar-refractivity contribution < 1.29 is 24.1 Å². The highest BCUT2D eigenvalue weighted by Gasteiger charge is 2.18. The second kappa shape index (κ2) is 6.50. The van der Waals surface area contributed by atoms with E-state index in [0.29, 0.717) is 23.9 Å². The quantitative estimate of drug-likeness (QED) is 0.867. The summed E-state index contributed by atoms with van der Waals surface area (Å²) in [6.07, 6.45) is 0.861. The minimum absolute atomic E-state index is 0.0990. The Kier molecular flexibility index (Phi) is 5.25. The van der Waals surface area contributed by atoms with Crippen LogP contribution >= 0.6 is 0 Å². The van der Waals surface area contributed by atoms with E-state index >= 15 is 0 Å². The summed E-state index contributed by atoms with van der Waals surface area (Å²) in [5.41, 5.74) is 0.253. The maximum atomic E-state index is 11.0. The van der Waals surface area contributed by atoms with Crippen LogP contribution in [-0.2, 0) is 0 Å². The minimum atomic E-state index is -1.04. The van der Waals surface area contributed by atoms with Crippen LogP contribution in [0.5, 0.6) is 17.2 Å². The van der Waals surface area contributed by atoms with E-state index in [-0.39, 0.29) is 11.0 Å². The zero-order chi connectivity index (χ0) is 15.3. The molecule has 1 aromatic rings. The first kappa shape index (κ1) is 16.1. The molecule has 0 heterocycles. The Morgan fingerprint density at radius 3 is 2.00 bits per heavy atom. The third-order valence-electron chi connectivity index (χ3n) is 2.81. The molecule has 5 nitrogen and oxygen atoms in total. The van der Waals surface area contributed by atoms with Crippen LogP contribution in [0.25, 0.3) is 0 Å². The zero-order valence-electron chi connectivity index (χ0n) is 12.6. The fourth-order valence-electron chi connectivity index (χ4n) is 1.60. The lowest BCUT2D eigenvalue weighted by atomic mass is 9.93. The fourth-order valence-corrected chi connectivity index (χ4v) is 1.60. The lowest BCUT2D eigenvalue weighted by molar-refractivity contribution is 0.0696. The first-order valence-electron chi connectivity index (χ1n) is 6.40. The van der Waals surface area contributed by atoms with Crippen molar-refractivity contribution in [2.45, 2.75) is 27.2 Å². The van der Waals surface area contributed by atoms with Gasteiger partial charge >= 0.3 is 5.97 Å². The van der Waals surface area contributed by atoms with Crippen molar-refractivity contribution in [2.75, 3.05) is 20.8 Å². The minimum Gasteiger partial charge on any atom is -0.493 e. The Balaban J connectivity index is 3.01. The lowest BCUT2D eigenvalue weighted by Gasteiger charge is -2.20. The molecule has 0 radical (unpaired) electrons. The number of methoxy groups -OCH3 is 2. The first-order chi connectivity index (χ1) is 9.28. The van der Waals surface area contributed by atoms with E-state index in [9.17, 15) is 4.79 Å². The highest BCUT2D eigenvalue weighted by molar-refractivity contribution is 5.89. The van der Waals surface area contributed by atoms with Gasteiger partial charge in [-0.15, -0.1) is 0 Å². The van der Waals surface area contributed by atoms with Gasteiger partial charge in [-0.3, -0.25) is 0 Å². The summed E-state index contributed by atoms with van der Waals surface area (Å²) >= 11 is 0. The molecule has 0 aliphatic carbocycles. The average Bonchev–Trinajstić information content (AvgIpc) is 2.36. The summed E-state index contributed by atoms with van der Waals surface area (Å²) in [5, 5.41) is 9.05. The Morgan fingerprint density at radius 1 is 1.15 bits per heavy atom. The van der Waals surface area contributed by atoms with E-state index in [2.05, 4.69) is 20.8 Å². The largest absolute Gasteiger partial charge is 0.493 e. The van der Waals surface area contributed by atoms with Crippen molar-refractivity contribution in [1.82, 2.24) is 0 Å². The van der Waals surface area contributed by atoms with Gasteiger partial charge in [0.15, 0.2) is 11.5 Å². The van der Waals surface area contributed by atoms with Crippen LogP contribution in [0.1, 0.15) is 37.6 Å². The van der Waals surface area contributed by atoms with Gasteiger partial charge in [-0.05, 0) is 24.0 Å². The predicted molar refractivity (Wildman–Crippen MR) is 76.1 cm³/mol. The van der Waals surface area contributed by atoms with Gasteiger partial charge in [0.2, 0.25) is 5.75 Å². The van der Waals surface area contributed by atoms with Crippen molar-refractivity contribution in [3.63, 3.8) is 0 Å². The van der Waals surface area contributed by atoms with E-state index in [4.69, 9.17) is 19.3 Å². The molecule has 0 spiro atoms. The van der Waals surface area contributed by atoms with Crippen LogP contribution in [0, 0.1) is 5.41 Å². The summed E-state index contributed by atoms with van der Waals surface area (Å²) in [7, 11) is 2.94. The van der Waals surface area contributed by atoms with Crippen molar-refractivity contribution in [3.05, 3.63) is 17.7 Å². The molecular weight excluding hydrogens is 260 g/mol. The topological polar surface area (TPSA) is 65.0 Å². The second-order valence-electron chi connectivity index (χ2n) is 5.67. The van der Waals surface area contributed by atoms with Crippen molar-refractivity contribution >= 4 is 5.97 Å². The average molecular weight is 282 g/mol.